The van der Waals surface area contributed by atoms with Gasteiger partial charge in [0.05, 0.1) is 0 Å². The third-order valence-electron chi connectivity index (χ3n) is 0.370. The normalized spacial score (nSPS) is 11.7. The van der Waals surface area contributed by atoms with Gasteiger partial charge in [-0.1, -0.05) is 6.92 Å². The molecule has 0 aromatic rings. The first-order valence-electron chi connectivity index (χ1n) is 1.58. The number of hydrogen-bond acceptors (Lipinski definition) is 1. The van der Waals surface area contributed by atoms with Crippen LogP contribution in [0.2, 0.25) is 0 Å². The molecular formula is C3H6FeNO2-. The predicted molar refractivity (Wildman–Crippen MR) is 21.4 cm³/mol. The zero-order valence-electron chi connectivity index (χ0n) is 3.79. The SMILES string of the molecule is C[C@H]([NH-])C(=O)O.[Fe]. The maximum Gasteiger partial charge on any atom is 0.285 e. The number of hydrogen-bond donors (Lipinski definition) is 1. The van der Waals surface area contributed by atoms with Crippen LogP contribution in [0.3, 0.4) is 0 Å². The molecule has 0 radical (unpaired) electrons. The summed E-state index contributed by atoms with van der Waals surface area (Å²) in [4.78, 5) is 9.51. The van der Waals surface area contributed by atoms with Crippen molar-refractivity contribution < 1.29 is 27.0 Å². The van der Waals surface area contributed by atoms with Gasteiger partial charge in [-0.25, -0.2) is 0 Å². The van der Waals surface area contributed by atoms with Crippen molar-refractivity contribution in [2.45, 2.75) is 13.0 Å². The van der Waals surface area contributed by atoms with E-state index in [1.165, 1.54) is 6.92 Å². The summed E-state index contributed by atoms with van der Waals surface area (Å²) < 4.78 is 0. The van der Waals surface area contributed by atoms with Crippen LogP contribution < -0.4 is 0 Å². The summed E-state index contributed by atoms with van der Waals surface area (Å²) in [7, 11) is 0. The molecule has 0 bridgehead atoms. The number of carboxylic acid groups (broad SMARTS) is 1. The van der Waals surface area contributed by atoms with Gasteiger partial charge in [0, 0.05) is 17.1 Å². The fraction of sp³-hybridized carbons (Fsp3) is 0.667. The molecule has 0 aromatic carbocycles. The Morgan fingerprint density at radius 1 is 1.86 bits per heavy atom. The zero-order valence-corrected chi connectivity index (χ0v) is 4.89. The minimum Gasteiger partial charge on any atom is -0.666 e. The molecule has 0 rings (SSSR count). The molecule has 0 heterocycles. The molecule has 0 saturated carbocycles. The summed E-state index contributed by atoms with van der Waals surface area (Å²) in [5, 5.41) is 7.80. The van der Waals surface area contributed by atoms with E-state index >= 15 is 0 Å². The van der Waals surface area contributed by atoms with Crippen LogP contribution in [-0.2, 0) is 21.9 Å². The van der Waals surface area contributed by atoms with Crippen molar-refractivity contribution in [1.82, 2.24) is 0 Å². The van der Waals surface area contributed by atoms with E-state index in [1.807, 2.05) is 0 Å². The monoisotopic (exact) mass is 144 g/mol. The summed E-state index contributed by atoms with van der Waals surface area (Å²) in [5.74, 6) is -1.07. The van der Waals surface area contributed by atoms with Crippen molar-refractivity contribution in [2.75, 3.05) is 0 Å². The van der Waals surface area contributed by atoms with Crippen LogP contribution in [0.4, 0.5) is 0 Å². The van der Waals surface area contributed by atoms with Crippen molar-refractivity contribution >= 4 is 5.97 Å². The number of rotatable bonds is 1. The van der Waals surface area contributed by atoms with E-state index in [9.17, 15) is 4.79 Å². The Morgan fingerprint density at radius 3 is 2.00 bits per heavy atom. The summed E-state index contributed by atoms with van der Waals surface area (Å²) in [6.07, 6.45) is 0. The Bertz CT molecular complexity index is 64.0. The average molecular weight is 144 g/mol. The Kier molecular flexibility index (Phi) is 5.91. The molecule has 0 spiro atoms. The minimum absolute atomic E-state index is 0. The van der Waals surface area contributed by atoms with E-state index in [0.29, 0.717) is 0 Å². The van der Waals surface area contributed by atoms with E-state index in [4.69, 9.17) is 10.8 Å². The van der Waals surface area contributed by atoms with Gasteiger partial charge in [0.2, 0.25) is 0 Å². The quantitative estimate of drug-likeness (QED) is 0.544. The maximum absolute atomic E-state index is 9.51. The first-order chi connectivity index (χ1) is 2.64. The third-order valence-corrected chi connectivity index (χ3v) is 0.370. The molecule has 0 saturated heterocycles. The fourth-order valence-corrected chi connectivity index (χ4v) is 0. The Hall–Kier alpha value is -0.0505. The van der Waals surface area contributed by atoms with Gasteiger partial charge in [-0.2, -0.15) is 0 Å². The molecular weight excluding hydrogens is 138 g/mol. The summed E-state index contributed by atoms with van der Waals surface area (Å²) in [6.45, 7) is 1.31. The van der Waals surface area contributed by atoms with Crippen LogP contribution in [0.25, 0.3) is 5.73 Å². The second kappa shape index (κ2) is 4.12. The molecule has 1 atom stereocenters. The Balaban J connectivity index is 0. The Morgan fingerprint density at radius 2 is 2.00 bits per heavy atom. The van der Waals surface area contributed by atoms with Gasteiger partial charge in [0.15, 0.2) is 0 Å². The molecule has 0 unspecified atom stereocenters. The predicted octanol–water partition coefficient (Wildman–Crippen LogP) is 0.509. The molecule has 44 valence electrons. The smallest absolute Gasteiger partial charge is 0.285 e. The van der Waals surface area contributed by atoms with Crippen molar-refractivity contribution in [1.29, 1.82) is 0 Å². The van der Waals surface area contributed by atoms with Crippen LogP contribution in [0.5, 0.6) is 0 Å². The summed E-state index contributed by atoms with van der Waals surface area (Å²) in [5.41, 5.74) is 6.43. The van der Waals surface area contributed by atoms with Gasteiger partial charge < -0.3 is 10.8 Å². The maximum atomic E-state index is 9.51. The van der Waals surface area contributed by atoms with Gasteiger partial charge in [0.25, 0.3) is 5.97 Å². The third kappa shape index (κ3) is 5.95. The number of nitrogens with one attached hydrogen (secondary N) is 1. The van der Waals surface area contributed by atoms with E-state index in [1.54, 1.807) is 0 Å². The van der Waals surface area contributed by atoms with Crippen LogP contribution in [0.1, 0.15) is 6.92 Å². The molecule has 0 fully saturated rings. The molecule has 7 heavy (non-hydrogen) atoms. The van der Waals surface area contributed by atoms with Crippen LogP contribution in [0.15, 0.2) is 0 Å². The summed E-state index contributed by atoms with van der Waals surface area (Å²) in [6, 6.07) is -0.981. The molecule has 0 aliphatic heterocycles. The van der Waals surface area contributed by atoms with Crippen LogP contribution in [0, 0.1) is 0 Å². The van der Waals surface area contributed by atoms with E-state index in [-0.39, 0.29) is 17.1 Å². The number of carbonyl (C=O) groups is 1. The van der Waals surface area contributed by atoms with Gasteiger partial charge in [0.1, 0.15) is 0 Å². The molecule has 0 aromatic heterocycles. The minimum atomic E-state index is -1.07. The fourth-order valence-electron chi connectivity index (χ4n) is 0. The first kappa shape index (κ1) is 10.0. The van der Waals surface area contributed by atoms with Crippen LogP contribution in [-0.4, -0.2) is 17.1 Å². The van der Waals surface area contributed by atoms with E-state index < -0.39 is 12.0 Å². The Labute approximate surface area is 52.4 Å². The summed E-state index contributed by atoms with van der Waals surface area (Å²) >= 11 is 0. The molecule has 0 aliphatic rings. The molecule has 2 N–H and O–H groups in total. The van der Waals surface area contributed by atoms with Gasteiger partial charge in [-0.05, 0) is 6.04 Å². The van der Waals surface area contributed by atoms with Crippen molar-refractivity contribution in [3.63, 3.8) is 0 Å². The van der Waals surface area contributed by atoms with E-state index in [0.717, 1.165) is 0 Å². The first-order valence-corrected chi connectivity index (χ1v) is 1.58. The topological polar surface area (TPSA) is 61.1 Å². The largest absolute Gasteiger partial charge is 0.666 e. The van der Waals surface area contributed by atoms with Crippen molar-refractivity contribution in [3.05, 3.63) is 5.73 Å². The van der Waals surface area contributed by atoms with Crippen molar-refractivity contribution in [3.8, 4) is 0 Å². The standard InChI is InChI=1S/C3H6NO2.Fe/c1-2(4)3(5)6;/h2,4H,1H3,(H,5,6);/q-1;/t2-;/m0./s1. The van der Waals surface area contributed by atoms with Gasteiger partial charge >= 0.3 is 0 Å². The molecule has 0 amide bonds. The van der Waals surface area contributed by atoms with Gasteiger partial charge in [-0.3, -0.25) is 4.79 Å². The molecule has 4 heteroatoms. The number of carboxylic acids is 1. The molecule has 0 aliphatic carbocycles. The van der Waals surface area contributed by atoms with Crippen LogP contribution >= 0.6 is 0 Å². The second-order valence-corrected chi connectivity index (χ2v) is 1.06. The average Bonchev–Trinajstić information content (AvgIpc) is 1.36. The zero-order chi connectivity index (χ0) is 5.15. The van der Waals surface area contributed by atoms with Crippen molar-refractivity contribution in [2.24, 2.45) is 0 Å². The second-order valence-electron chi connectivity index (χ2n) is 1.06. The number of aliphatic carboxylic acids is 1. The van der Waals surface area contributed by atoms with E-state index in [2.05, 4.69) is 0 Å². The molecule has 3 nitrogen and oxygen atoms in total. The van der Waals surface area contributed by atoms with Gasteiger partial charge in [-0.15, -0.1) is 0 Å².